The third-order valence-electron chi connectivity index (χ3n) is 6.23. The Morgan fingerprint density at radius 1 is 1.21 bits per heavy atom. The Balaban J connectivity index is 1.47. The van der Waals surface area contributed by atoms with Crippen molar-refractivity contribution in [1.82, 2.24) is 24.7 Å². The molecule has 0 bridgehead atoms. The largest absolute Gasteiger partial charge is 0.335 e. The van der Waals surface area contributed by atoms with Crippen molar-refractivity contribution in [3.8, 4) is 0 Å². The second kappa shape index (κ2) is 7.80. The first-order chi connectivity index (χ1) is 14.2. The molecule has 2 aromatic rings. The van der Waals surface area contributed by atoms with Crippen LogP contribution in [0.3, 0.4) is 0 Å². The van der Waals surface area contributed by atoms with Crippen molar-refractivity contribution in [1.29, 1.82) is 0 Å². The lowest BCUT2D eigenvalue weighted by molar-refractivity contribution is 0.238. The van der Waals surface area contributed by atoms with E-state index in [1.165, 1.54) is 11.9 Å². The van der Waals surface area contributed by atoms with Crippen LogP contribution in [0.15, 0.2) is 41.4 Å². The van der Waals surface area contributed by atoms with Crippen molar-refractivity contribution >= 4 is 22.9 Å². The number of fused-ring (bicyclic) bond motifs is 5. The van der Waals surface area contributed by atoms with Crippen molar-refractivity contribution in [3.05, 3.63) is 36.4 Å². The Morgan fingerprint density at radius 3 is 2.93 bits per heavy atom. The van der Waals surface area contributed by atoms with Crippen LogP contribution >= 0.6 is 0 Å². The number of nitrogens with one attached hydrogen (secondary N) is 1. The minimum Gasteiger partial charge on any atom is -0.335 e. The molecule has 2 unspecified atom stereocenters. The summed E-state index contributed by atoms with van der Waals surface area (Å²) in [7, 11) is 4.26. The highest BCUT2D eigenvalue weighted by molar-refractivity contribution is 5.98. The summed E-state index contributed by atoms with van der Waals surface area (Å²) in [5.74, 6) is 2.57. The number of aromatic nitrogens is 2. The van der Waals surface area contributed by atoms with Crippen LogP contribution in [-0.2, 0) is 0 Å². The Morgan fingerprint density at radius 2 is 2.10 bits per heavy atom. The minimum absolute atomic E-state index is 0.206. The van der Waals surface area contributed by atoms with E-state index < -0.39 is 0 Å². The summed E-state index contributed by atoms with van der Waals surface area (Å²) < 4.78 is 2.42. The van der Waals surface area contributed by atoms with Crippen molar-refractivity contribution in [2.45, 2.75) is 31.8 Å². The van der Waals surface area contributed by atoms with Gasteiger partial charge in [-0.1, -0.05) is 24.3 Å². The van der Waals surface area contributed by atoms with Gasteiger partial charge in [0.25, 0.3) is 0 Å². The number of para-hydroxylation sites is 2. The average molecular weight is 394 g/mol. The third kappa shape index (κ3) is 3.53. The van der Waals surface area contributed by atoms with Gasteiger partial charge in [-0.05, 0) is 58.5 Å². The Labute approximate surface area is 172 Å². The number of benzene rings is 1. The average Bonchev–Trinajstić information content (AvgIpc) is 3.14. The summed E-state index contributed by atoms with van der Waals surface area (Å²) >= 11 is 0. The van der Waals surface area contributed by atoms with Crippen LogP contribution in [0.4, 0.5) is 5.95 Å². The molecule has 7 nitrogen and oxygen atoms in total. The maximum atomic E-state index is 5.04. The predicted molar refractivity (Wildman–Crippen MR) is 118 cm³/mol. The van der Waals surface area contributed by atoms with Crippen molar-refractivity contribution < 1.29 is 0 Å². The van der Waals surface area contributed by atoms with E-state index in [1.54, 1.807) is 0 Å². The summed E-state index contributed by atoms with van der Waals surface area (Å²) in [6, 6.07) is 8.50. The quantitative estimate of drug-likeness (QED) is 0.792. The molecule has 0 fully saturated rings. The fourth-order valence-corrected chi connectivity index (χ4v) is 4.72. The van der Waals surface area contributed by atoms with Gasteiger partial charge in [0.2, 0.25) is 11.9 Å². The van der Waals surface area contributed by atoms with E-state index in [1.807, 2.05) is 0 Å². The molecule has 5 rings (SSSR count). The van der Waals surface area contributed by atoms with E-state index in [4.69, 9.17) is 9.98 Å². The van der Waals surface area contributed by atoms with E-state index in [0.29, 0.717) is 5.92 Å². The number of allylic oxidation sites excluding steroid dienone is 2. The number of aliphatic imine (C=N–C) groups is 1. The molecule has 0 amide bonds. The highest BCUT2D eigenvalue weighted by Gasteiger charge is 2.38. The van der Waals surface area contributed by atoms with Crippen LogP contribution in [0.5, 0.6) is 0 Å². The molecule has 0 saturated heterocycles. The first kappa shape index (κ1) is 18.6. The van der Waals surface area contributed by atoms with Gasteiger partial charge in [0.05, 0.1) is 24.4 Å². The molecule has 2 aliphatic heterocycles. The van der Waals surface area contributed by atoms with Gasteiger partial charge in [-0.2, -0.15) is 0 Å². The van der Waals surface area contributed by atoms with Gasteiger partial charge in [-0.15, -0.1) is 0 Å². The van der Waals surface area contributed by atoms with E-state index in [9.17, 15) is 0 Å². The Bertz CT molecular complexity index is 928. The maximum Gasteiger partial charge on any atom is 0.216 e. The zero-order chi connectivity index (χ0) is 19.8. The zero-order valence-electron chi connectivity index (χ0n) is 17.5. The lowest BCUT2D eigenvalue weighted by Gasteiger charge is -2.44. The summed E-state index contributed by atoms with van der Waals surface area (Å²) in [6.07, 6.45) is 9.45. The van der Waals surface area contributed by atoms with Crippen molar-refractivity contribution in [2.24, 2.45) is 10.9 Å². The topological polar surface area (TPSA) is 51.9 Å². The zero-order valence-corrected chi connectivity index (χ0v) is 17.5. The first-order valence-corrected chi connectivity index (χ1v) is 10.8. The van der Waals surface area contributed by atoms with Gasteiger partial charge in [0.1, 0.15) is 6.17 Å². The third-order valence-corrected chi connectivity index (χ3v) is 6.23. The number of guanidine groups is 1. The molecule has 1 aromatic heterocycles. The molecule has 1 N–H and O–H groups in total. The molecule has 2 atom stereocenters. The summed E-state index contributed by atoms with van der Waals surface area (Å²) in [4.78, 5) is 16.9. The lowest BCUT2D eigenvalue weighted by Crippen LogP contribution is -2.58. The van der Waals surface area contributed by atoms with Crippen molar-refractivity contribution in [2.75, 3.05) is 45.4 Å². The maximum absolute atomic E-state index is 5.04. The first-order valence-electron chi connectivity index (χ1n) is 10.8. The van der Waals surface area contributed by atoms with E-state index in [2.05, 4.69) is 75.1 Å². The number of nitrogens with zero attached hydrogens (tertiary/aromatic N) is 6. The van der Waals surface area contributed by atoms with Gasteiger partial charge in [0.15, 0.2) is 0 Å². The molecule has 0 radical (unpaired) electrons. The van der Waals surface area contributed by atoms with E-state index in [0.717, 1.165) is 63.1 Å². The fourth-order valence-electron chi connectivity index (χ4n) is 4.72. The molecule has 3 aliphatic rings. The van der Waals surface area contributed by atoms with Crippen LogP contribution in [-0.4, -0.2) is 65.8 Å². The smallest absolute Gasteiger partial charge is 0.216 e. The van der Waals surface area contributed by atoms with Crippen molar-refractivity contribution in [3.63, 3.8) is 0 Å². The Hall–Kier alpha value is -2.38. The second-order valence-electron chi connectivity index (χ2n) is 8.65. The molecule has 7 heteroatoms. The van der Waals surface area contributed by atoms with Gasteiger partial charge in [0, 0.05) is 12.5 Å². The molecule has 1 aliphatic carbocycles. The minimum atomic E-state index is 0.206. The molecular formula is C22H31N7. The fraction of sp³-hybridized carbons (Fsp3) is 0.545. The van der Waals surface area contributed by atoms with Gasteiger partial charge in [-0.3, -0.25) is 14.4 Å². The van der Waals surface area contributed by atoms with Crippen LogP contribution in [0.25, 0.3) is 11.0 Å². The number of imidazole rings is 1. The highest BCUT2D eigenvalue weighted by atomic mass is 15.5. The number of anilines is 1. The number of hydrogen-bond donors (Lipinski definition) is 1. The molecule has 3 heterocycles. The van der Waals surface area contributed by atoms with E-state index >= 15 is 0 Å². The molecule has 0 spiro atoms. The number of rotatable bonds is 5. The monoisotopic (exact) mass is 393 g/mol. The molecule has 154 valence electrons. The van der Waals surface area contributed by atoms with Crippen LogP contribution in [0.1, 0.15) is 31.8 Å². The highest BCUT2D eigenvalue weighted by Crippen LogP contribution is 2.37. The number of hydrogen-bond acceptors (Lipinski definition) is 6. The molecular weight excluding hydrogens is 362 g/mol. The van der Waals surface area contributed by atoms with Crippen LogP contribution in [0.2, 0.25) is 0 Å². The SMILES string of the molecule is CN(C)CCCN1CN=C2NC(C3CC=CCC3)n3c(nc4ccccc43)N2C1. The van der Waals surface area contributed by atoms with Crippen LogP contribution < -0.4 is 10.2 Å². The molecule has 0 saturated carbocycles. The predicted octanol–water partition coefficient (Wildman–Crippen LogP) is 2.84. The Kier molecular flexibility index (Phi) is 5.01. The molecule has 29 heavy (non-hydrogen) atoms. The van der Waals surface area contributed by atoms with Gasteiger partial charge < -0.3 is 10.2 Å². The summed E-state index contributed by atoms with van der Waals surface area (Å²) in [6.45, 7) is 3.73. The van der Waals surface area contributed by atoms with Crippen LogP contribution in [0, 0.1) is 5.92 Å². The van der Waals surface area contributed by atoms with Gasteiger partial charge in [-0.25, -0.2) is 9.98 Å². The second-order valence-corrected chi connectivity index (χ2v) is 8.65. The summed E-state index contributed by atoms with van der Waals surface area (Å²) in [5, 5.41) is 3.78. The standard InChI is InChI=1S/C22H31N7/c1-26(2)13-8-14-27-15-23-21-25-20(17-9-4-3-5-10-17)29-19-12-7-6-11-18(19)24-22(29)28(21)16-27/h3-4,6-7,11-12,17,20H,5,8-10,13-16H2,1-2H3,(H,23,25). The molecule has 1 aromatic carbocycles. The normalized spacial score (nSPS) is 24.4. The summed E-state index contributed by atoms with van der Waals surface area (Å²) in [5.41, 5.74) is 2.27. The van der Waals surface area contributed by atoms with E-state index in [-0.39, 0.29) is 6.17 Å². The lowest BCUT2D eigenvalue weighted by atomic mass is 9.91. The van der Waals surface area contributed by atoms with Gasteiger partial charge >= 0.3 is 0 Å².